The van der Waals surface area contributed by atoms with Gasteiger partial charge in [-0.1, -0.05) is 66.7 Å². The first-order valence-electron chi connectivity index (χ1n) is 11.3. The third-order valence-corrected chi connectivity index (χ3v) is 6.28. The molecule has 2 aromatic heterocycles. The predicted octanol–water partition coefficient (Wildman–Crippen LogP) is 4.76. The highest BCUT2D eigenvalue weighted by molar-refractivity contribution is 5.79. The first-order chi connectivity index (χ1) is 15.7. The Balaban J connectivity index is 1.48. The van der Waals surface area contributed by atoms with Crippen LogP contribution in [0.15, 0.2) is 79.5 Å². The van der Waals surface area contributed by atoms with E-state index in [9.17, 15) is 0 Å². The van der Waals surface area contributed by atoms with Crippen LogP contribution in [0.4, 0.5) is 5.82 Å². The minimum absolute atomic E-state index is 0.787. The van der Waals surface area contributed by atoms with E-state index in [1.165, 1.54) is 11.1 Å². The molecule has 0 spiro atoms. The highest BCUT2D eigenvalue weighted by atomic mass is 15.4. The molecular formula is C27H29N5. The zero-order chi connectivity index (χ0) is 21.9. The van der Waals surface area contributed by atoms with E-state index in [0.717, 1.165) is 67.4 Å². The molecule has 0 bridgehead atoms. The minimum Gasteiger partial charge on any atom is -0.354 e. The smallest absolute Gasteiger partial charge is 0.165 e. The van der Waals surface area contributed by atoms with Gasteiger partial charge in [0.2, 0.25) is 0 Å². The maximum Gasteiger partial charge on any atom is 0.165 e. The number of benzene rings is 2. The van der Waals surface area contributed by atoms with E-state index in [1.807, 2.05) is 22.9 Å². The number of piperazine rings is 1. The van der Waals surface area contributed by atoms with Crippen LogP contribution in [0.2, 0.25) is 0 Å². The van der Waals surface area contributed by atoms with Crippen LogP contribution in [0.1, 0.15) is 16.8 Å². The molecular weight excluding hydrogens is 394 g/mol. The Hall–Kier alpha value is -3.44. The van der Waals surface area contributed by atoms with Gasteiger partial charge in [0.1, 0.15) is 5.82 Å². The summed E-state index contributed by atoms with van der Waals surface area (Å²) in [7, 11) is 0. The van der Waals surface area contributed by atoms with Crippen molar-refractivity contribution in [1.82, 2.24) is 19.5 Å². The van der Waals surface area contributed by atoms with Gasteiger partial charge in [0.25, 0.3) is 0 Å². The number of fused-ring (bicyclic) bond motifs is 1. The molecule has 0 N–H and O–H groups in total. The average Bonchev–Trinajstić information content (AvgIpc) is 3.25. The maximum atomic E-state index is 4.97. The molecule has 3 heterocycles. The number of nitrogens with zero attached hydrogens (tertiary/aromatic N) is 5. The zero-order valence-electron chi connectivity index (χ0n) is 18.6. The van der Waals surface area contributed by atoms with Crippen LogP contribution in [0, 0.1) is 6.92 Å². The van der Waals surface area contributed by atoms with Crippen molar-refractivity contribution in [2.24, 2.45) is 0 Å². The molecule has 0 atom stereocenters. The van der Waals surface area contributed by atoms with Crippen molar-refractivity contribution in [3.63, 3.8) is 0 Å². The lowest BCUT2D eigenvalue weighted by molar-refractivity contribution is 0.249. The quantitative estimate of drug-likeness (QED) is 0.419. The molecule has 4 aromatic rings. The molecule has 0 radical (unpaired) electrons. The second kappa shape index (κ2) is 8.97. The minimum atomic E-state index is 0.787. The highest BCUT2D eigenvalue weighted by Crippen LogP contribution is 2.31. The molecule has 1 saturated heterocycles. The second-order valence-electron chi connectivity index (χ2n) is 8.40. The highest BCUT2D eigenvalue weighted by Gasteiger charge is 2.24. The number of aryl methyl sites for hydroxylation is 1. The summed E-state index contributed by atoms with van der Waals surface area (Å²) < 4.78 is 2.04. The van der Waals surface area contributed by atoms with Crippen molar-refractivity contribution < 1.29 is 0 Å². The fourth-order valence-corrected chi connectivity index (χ4v) is 4.61. The summed E-state index contributed by atoms with van der Waals surface area (Å²) in [6, 6.07) is 21.1. The molecule has 5 heteroatoms. The molecule has 0 saturated carbocycles. The van der Waals surface area contributed by atoms with Gasteiger partial charge in [-0.2, -0.15) is 9.61 Å². The van der Waals surface area contributed by atoms with Gasteiger partial charge in [-0.15, -0.1) is 6.58 Å². The lowest BCUT2D eigenvalue weighted by Gasteiger charge is -2.37. The Morgan fingerprint density at radius 3 is 2.31 bits per heavy atom. The fourth-order valence-electron chi connectivity index (χ4n) is 4.61. The lowest BCUT2D eigenvalue weighted by atomic mass is 10.1. The van der Waals surface area contributed by atoms with Gasteiger partial charge in [-0.3, -0.25) is 4.90 Å². The Morgan fingerprint density at radius 1 is 0.938 bits per heavy atom. The summed E-state index contributed by atoms with van der Waals surface area (Å²) in [6.07, 6.45) is 4.70. The normalized spacial score (nSPS) is 14.7. The van der Waals surface area contributed by atoms with E-state index in [2.05, 4.69) is 77.9 Å². The van der Waals surface area contributed by atoms with Gasteiger partial charge in [-0.25, -0.2) is 4.98 Å². The average molecular weight is 424 g/mol. The summed E-state index contributed by atoms with van der Waals surface area (Å²) in [5.41, 5.74) is 6.77. The molecule has 32 heavy (non-hydrogen) atoms. The van der Waals surface area contributed by atoms with Gasteiger partial charge >= 0.3 is 0 Å². The second-order valence-corrected chi connectivity index (χ2v) is 8.40. The molecule has 5 nitrogen and oxygen atoms in total. The Labute approximate surface area is 189 Å². The molecule has 2 aromatic carbocycles. The molecule has 162 valence electrons. The molecule has 0 amide bonds. The van der Waals surface area contributed by atoms with Crippen molar-refractivity contribution >= 4 is 11.5 Å². The Morgan fingerprint density at radius 2 is 1.62 bits per heavy atom. The number of hydrogen-bond donors (Lipinski definition) is 0. The largest absolute Gasteiger partial charge is 0.354 e. The van der Waals surface area contributed by atoms with Crippen LogP contribution >= 0.6 is 0 Å². The van der Waals surface area contributed by atoms with Gasteiger partial charge < -0.3 is 4.90 Å². The third-order valence-electron chi connectivity index (χ3n) is 6.28. The maximum absolute atomic E-state index is 4.97. The van der Waals surface area contributed by atoms with Gasteiger partial charge in [0.15, 0.2) is 5.65 Å². The first kappa shape index (κ1) is 20.5. The lowest BCUT2D eigenvalue weighted by Crippen LogP contribution is -2.47. The van der Waals surface area contributed by atoms with Crippen LogP contribution in [0.3, 0.4) is 0 Å². The standard InChI is InChI=1S/C27H29N5/c1-3-10-24-21(2)29-26-25(23-13-8-5-9-14-23)19-28-32(26)27(24)31-17-15-30(16-18-31)20-22-11-6-4-7-12-22/h3-9,11-14,19H,1,10,15-18,20H2,2H3. The van der Waals surface area contributed by atoms with Gasteiger partial charge in [0.05, 0.1) is 6.20 Å². The van der Waals surface area contributed by atoms with Crippen LogP contribution in [0.5, 0.6) is 0 Å². The number of anilines is 1. The molecule has 0 aliphatic carbocycles. The van der Waals surface area contributed by atoms with Crippen molar-refractivity contribution in [2.45, 2.75) is 19.9 Å². The van der Waals surface area contributed by atoms with E-state index >= 15 is 0 Å². The van der Waals surface area contributed by atoms with E-state index in [-0.39, 0.29) is 0 Å². The number of aromatic nitrogens is 3. The molecule has 5 rings (SSSR count). The van der Waals surface area contributed by atoms with Crippen LogP contribution < -0.4 is 4.90 Å². The van der Waals surface area contributed by atoms with Crippen LogP contribution in [-0.2, 0) is 13.0 Å². The van der Waals surface area contributed by atoms with Crippen molar-refractivity contribution in [3.05, 3.63) is 96.3 Å². The summed E-state index contributed by atoms with van der Waals surface area (Å²) >= 11 is 0. The number of hydrogen-bond acceptors (Lipinski definition) is 4. The zero-order valence-corrected chi connectivity index (χ0v) is 18.6. The summed E-state index contributed by atoms with van der Waals surface area (Å²) in [5.74, 6) is 1.16. The third kappa shape index (κ3) is 3.92. The van der Waals surface area contributed by atoms with E-state index in [0.29, 0.717) is 0 Å². The monoisotopic (exact) mass is 423 g/mol. The van der Waals surface area contributed by atoms with E-state index < -0.39 is 0 Å². The first-order valence-corrected chi connectivity index (χ1v) is 11.3. The molecule has 1 aliphatic rings. The summed E-state index contributed by atoms with van der Waals surface area (Å²) in [6.45, 7) is 11.1. The Kier molecular flexibility index (Phi) is 5.73. The fraction of sp³-hybridized carbons (Fsp3) is 0.259. The SMILES string of the molecule is C=CCc1c(C)nc2c(-c3ccccc3)cnn2c1N1CCN(Cc2ccccc2)CC1. The van der Waals surface area contributed by atoms with Crippen molar-refractivity contribution in [3.8, 4) is 11.1 Å². The van der Waals surface area contributed by atoms with E-state index in [4.69, 9.17) is 10.1 Å². The summed E-state index contributed by atoms with van der Waals surface area (Å²) in [4.78, 5) is 9.98. The number of rotatable bonds is 6. The number of allylic oxidation sites excluding steroid dienone is 1. The molecule has 0 unspecified atom stereocenters. The van der Waals surface area contributed by atoms with Crippen molar-refractivity contribution in [2.75, 3.05) is 31.1 Å². The van der Waals surface area contributed by atoms with Gasteiger partial charge in [-0.05, 0) is 24.5 Å². The molecule has 1 fully saturated rings. The van der Waals surface area contributed by atoms with E-state index in [1.54, 1.807) is 0 Å². The Bertz CT molecular complexity index is 1210. The summed E-state index contributed by atoms with van der Waals surface area (Å²) in [5, 5.41) is 4.81. The van der Waals surface area contributed by atoms with Crippen LogP contribution in [-0.4, -0.2) is 45.7 Å². The molecule has 1 aliphatic heterocycles. The van der Waals surface area contributed by atoms with Gasteiger partial charge in [0, 0.05) is 49.5 Å². The predicted molar refractivity (Wildman–Crippen MR) is 131 cm³/mol. The topological polar surface area (TPSA) is 36.7 Å². The van der Waals surface area contributed by atoms with Crippen LogP contribution in [0.25, 0.3) is 16.8 Å². The van der Waals surface area contributed by atoms with Crippen molar-refractivity contribution in [1.29, 1.82) is 0 Å².